The van der Waals surface area contributed by atoms with Crippen molar-refractivity contribution in [3.8, 4) is 0 Å². The largest absolute Gasteiger partial charge is 0.330 e. The fourth-order valence-corrected chi connectivity index (χ4v) is 3.00. The Morgan fingerprint density at radius 3 is 3.08 bits per heavy atom. The molecule has 0 bridgehead atoms. The van der Waals surface area contributed by atoms with Crippen LogP contribution in [0.2, 0.25) is 0 Å². The Kier molecular flexibility index (Phi) is 4.55. The molecule has 13 heavy (non-hydrogen) atoms. The monoisotopic (exact) mass is 218 g/mol. The van der Waals surface area contributed by atoms with Gasteiger partial charge in [0, 0.05) is 27.1 Å². The molecule has 1 heterocycles. The molecule has 1 aromatic rings. The van der Waals surface area contributed by atoms with Crippen molar-refractivity contribution in [2.24, 2.45) is 5.73 Å². The van der Waals surface area contributed by atoms with E-state index in [2.05, 4.69) is 4.98 Å². The van der Waals surface area contributed by atoms with Crippen LogP contribution in [0.4, 0.5) is 0 Å². The van der Waals surface area contributed by atoms with Crippen LogP contribution in [-0.2, 0) is 16.6 Å². The summed E-state index contributed by atoms with van der Waals surface area (Å²) in [5.41, 5.74) is 7.16. The molecule has 0 radical (unpaired) electrons. The zero-order valence-corrected chi connectivity index (χ0v) is 9.24. The standard InChI is InChI=1S/C8H14N2OS2/c1-7(2-3-9)13(11)5-8-4-10-6-12-8/h4,6-7H,2-3,5,9H2,1H3. The maximum Gasteiger partial charge on any atom is 0.0794 e. The van der Waals surface area contributed by atoms with Gasteiger partial charge in [-0.3, -0.25) is 9.19 Å². The van der Waals surface area contributed by atoms with Gasteiger partial charge in [0.05, 0.1) is 11.3 Å². The molecule has 0 fully saturated rings. The van der Waals surface area contributed by atoms with Gasteiger partial charge in [-0.2, -0.15) is 0 Å². The first-order valence-corrected chi connectivity index (χ1v) is 6.45. The molecule has 2 N–H and O–H groups in total. The lowest BCUT2D eigenvalue weighted by Crippen LogP contribution is -2.16. The Labute approximate surface area is 84.8 Å². The van der Waals surface area contributed by atoms with Crippen molar-refractivity contribution in [2.45, 2.75) is 24.3 Å². The molecule has 3 nitrogen and oxygen atoms in total. The average Bonchev–Trinajstić information content (AvgIpc) is 2.57. The van der Waals surface area contributed by atoms with Crippen molar-refractivity contribution in [3.63, 3.8) is 0 Å². The Morgan fingerprint density at radius 1 is 1.77 bits per heavy atom. The van der Waals surface area contributed by atoms with E-state index in [0.29, 0.717) is 12.3 Å². The highest BCUT2D eigenvalue weighted by atomic mass is 32.2. The molecule has 0 aliphatic heterocycles. The molecule has 1 aromatic heterocycles. The van der Waals surface area contributed by atoms with Crippen LogP contribution in [0, 0.1) is 0 Å². The molecular formula is C8H14N2OS2. The number of thiazole rings is 1. The minimum atomic E-state index is -0.804. The highest BCUT2D eigenvalue weighted by Crippen LogP contribution is 2.12. The number of nitrogens with two attached hydrogens (primary N) is 1. The maximum atomic E-state index is 11.6. The van der Waals surface area contributed by atoms with Crippen molar-refractivity contribution in [2.75, 3.05) is 6.54 Å². The Balaban J connectivity index is 2.41. The van der Waals surface area contributed by atoms with Gasteiger partial charge in [0.2, 0.25) is 0 Å². The smallest absolute Gasteiger partial charge is 0.0794 e. The lowest BCUT2D eigenvalue weighted by atomic mass is 10.3. The van der Waals surface area contributed by atoms with E-state index in [0.717, 1.165) is 11.3 Å². The van der Waals surface area contributed by atoms with E-state index in [-0.39, 0.29) is 5.25 Å². The molecule has 74 valence electrons. The number of aromatic nitrogens is 1. The van der Waals surface area contributed by atoms with Crippen LogP contribution < -0.4 is 5.73 Å². The molecule has 5 heteroatoms. The first kappa shape index (κ1) is 10.8. The van der Waals surface area contributed by atoms with E-state index in [1.165, 1.54) is 0 Å². The zero-order valence-electron chi connectivity index (χ0n) is 7.60. The zero-order chi connectivity index (χ0) is 9.68. The van der Waals surface area contributed by atoms with Crippen LogP contribution in [-0.4, -0.2) is 21.0 Å². The fraction of sp³-hybridized carbons (Fsp3) is 0.625. The van der Waals surface area contributed by atoms with Crippen LogP contribution >= 0.6 is 11.3 Å². The van der Waals surface area contributed by atoms with E-state index in [9.17, 15) is 4.21 Å². The van der Waals surface area contributed by atoms with Gasteiger partial charge in [0.1, 0.15) is 0 Å². The third-order valence-electron chi connectivity index (χ3n) is 1.79. The minimum absolute atomic E-state index is 0.187. The van der Waals surface area contributed by atoms with Gasteiger partial charge in [0.25, 0.3) is 0 Å². The summed E-state index contributed by atoms with van der Waals surface area (Å²) in [5.74, 6) is 0.617. The van der Waals surface area contributed by atoms with E-state index in [1.807, 2.05) is 6.92 Å². The number of nitrogens with zero attached hydrogens (tertiary/aromatic N) is 1. The fourth-order valence-electron chi connectivity index (χ4n) is 0.962. The van der Waals surface area contributed by atoms with Gasteiger partial charge >= 0.3 is 0 Å². The third-order valence-corrected chi connectivity index (χ3v) is 4.48. The van der Waals surface area contributed by atoms with Crippen LogP contribution in [0.1, 0.15) is 18.2 Å². The van der Waals surface area contributed by atoms with Gasteiger partial charge in [0.15, 0.2) is 0 Å². The molecule has 0 saturated heterocycles. The summed E-state index contributed by atoms with van der Waals surface area (Å²) in [6.07, 6.45) is 2.60. The van der Waals surface area contributed by atoms with Crippen molar-refractivity contribution in [3.05, 3.63) is 16.6 Å². The second-order valence-corrected chi connectivity index (χ2v) is 5.71. The summed E-state index contributed by atoms with van der Waals surface area (Å²) in [7, 11) is -0.804. The van der Waals surface area contributed by atoms with Crippen molar-refractivity contribution in [1.82, 2.24) is 4.98 Å². The lowest BCUT2D eigenvalue weighted by Gasteiger charge is -2.08. The molecule has 0 aromatic carbocycles. The Hall–Kier alpha value is -0.260. The van der Waals surface area contributed by atoms with Crippen LogP contribution in [0.5, 0.6) is 0 Å². The van der Waals surface area contributed by atoms with Crippen molar-refractivity contribution >= 4 is 22.1 Å². The first-order chi connectivity index (χ1) is 6.24. The summed E-state index contributed by atoms with van der Waals surface area (Å²) in [5, 5.41) is 0.187. The lowest BCUT2D eigenvalue weighted by molar-refractivity contribution is 0.666. The first-order valence-electron chi connectivity index (χ1n) is 4.18. The number of rotatable bonds is 5. The maximum absolute atomic E-state index is 11.6. The van der Waals surface area contributed by atoms with Crippen LogP contribution in [0.3, 0.4) is 0 Å². The molecule has 0 spiro atoms. The van der Waals surface area contributed by atoms with Crippen LogP contribution in [0.25, 0.3) is 0 Å². The summed E-state index contributed by atoms with van der Waals surface area (Å²) in [6.45, 7) is 2.58. The van der Waals surface area contributed by atoms with Gasteiger partial charge < -0.3 is 5.73 Å². The van der Waals surface area contributed by atoms with Crippen molar-refractivity contribution < 1.29 is 4.21 Å². The molecule has 2 atom stereocenters. The third kappa shape index (κ3) is 3.54. The van der Waals surface area contributed by atoms with E-state index < -0.39 is 10.8 Å². The second-order valence-electron chi connectivity index (χ2n) is 2.88. The topological polar surface area (TPSA) is 56.0 Å². The molecule has 0 amide bonds. The molecule has 1 rings (SSSR count). The van der Waals surface area contributed by atoms with Crippen LogP contribution in [0.15, 0.2) is 11.7 Å². The quantitative estimate of drug-likeness (QED) is 0.806. The van der Waals surface area contributed by atoms with E-state index >= 15 is 0 Å². The van der Waals surface area contributed by atoms with Gasteiger partial charge in [-0.05, 0) is 13.0 Å². The normalized spacial score (nSPS) is 15.5. The summed E-state index contributed by atoms with van der Waals surface area (Å²) in [4.78, 5) is 5.03. The number of hydrogen-bond donors (Lipinski definition) is 1. The van der Waals surface area contributed by atoms with E-state index in [1.54, 1.807) is 23.0 Å². The predicted octanol–water partition coefficient (Wildman–Crippen LogP) is 1.13. The second kappa shape index (κ2) is 5.47. The summed E-state index contributed by atoms with van der Waals surface area (Å²) in [6, 6.07) is 0. The number of hydrogen-bond acceptors (Lipinski definition) is 4. The Bertz CT molecular complexity index is 261. The van der Waals surface area contributed by atoms with Gasteiger partial charge in [-0.25, -0.2) is 0 Å². The van der Waals surface area contributed by atoms with E-state index in [4.69, 9.17) is 5.73 Å². The van der Waals surface area contributed by atoms with Gasteiger partial charge in [-0.15, -0.1) is 11.3 Å². The van der Waals surface area contributed by atoms with Crippen molar-refractivity contribution in [1.29, 1.82) is 0 Å². The minimum Gasteiger partial charge on any atom is -0.330 e. The summed E-state index contributed by atoms with van der Waals surface area (Å²) >= 11 is 1.55. The molecular weight excluding hydrogens is 204 g/mol. The molecule has 0 aliphatic carbocycles. The predicted molar refractivity (Wildman–Crippen MR) is 57.1 cm³/mol. The summed E-state index contributed by atoms with van der Waals surface area (Å²) < 4.78 is 11.6. The SMILES string of the molecule is CC(CCN)S(=O)Cc1cncs1. The molecule has 0 aliphatic rings. The molecule has 2 unspecified atom stereocenters. The average molecular weight is 218 g/mol. The van der Waals surface area contributed by atoms with Gasteiger partial charge in [-0.1, -0.05) is 6.92 Å². The molecule has 0 saturated carbocycles. The Morgan fingerprint density at radius 2 is 2.54 bits per heavy atom. The highest BCUT2D eigenvalue weighted by molar-refractivity contribution is 7.85. The highest BCUT2D eigenvalue weighted by Gasteiger charge is 2.11.